The summed E-state index contributed by atoms with van der Waals surface area (Å²) < 4.78 is 0. The molecule has 2 rings (SSSR count). The Morgan fingerprint density at radius 3 is 2.70 bits per heavy atom. The third kappa shape index (κ3) is 2.90. The number of benzene rings is 1. The van der Waals surface area contributed by atoms with Gasteiger partial charge in [0.15, 0.2) is 0 Å². The van der Waals surface area contributed by atoms with Gasteiger partial charge in [0.05, 0.1) is 0 Å². The molecule has 0 unspecified atom stereocenters. The van der Waals surface area contributed by atoms with Crippen LogP contribution in [0.2, 0.25) is 0 Å². The maximum absolute atomic E-state index is 4.49. The van der Waals surface area contributed by atoms with E-state index in [0.29, 0.717) is 0 Å². The van der Waals surface area contributed by atoms with Crippen molar-refractivity contribution in [2.24, 2.45) is 0 Å². The van der Waals surface area contributed by atoms with Gasteiger partial charge in [-0.25, -0.2) is 9.97 Å². The highest BCUT2D eigenvalue weighted by Gasteiger charge is 2.14. The lowest BCUT2D eigenvalue weighted by Crippen LogP contribution is -2.15. The van der Waals surface area contributed by atoms with Gasteiger partial charge in [-0.3, -0.25) is 0 Å². The van der Waals surface area contributed by atoms with Gasteiger partial charge in [-0.1, -0.05) is 25.5 Å². The standard InChI is InChI=1S/C16H22N4/c1-5-7-14-15(17-3)18-11-19-16(14)20(4)13-9-6-8-12(2)10-13/h6,8-11H,5,7H2,1-4H3,(H,17,18,19). The average molecular weight is 270 g/mol. The van der Waals surface area contributed by atoms with Crippen LogP contribution in [-0.4, -0.2) is 24.1 Å². The minimum absolute atomic E-state index is 0.913. The second-order valence-corrected chi connectivity index (χ2v) is 4.92. The molecule has 0 saturated carbocycles. The lowest BCUT2D eigenvalue weighted by molar-refractivity contribution is 0.893. The summed E-state index contributed by atoms with van der Waals surface area (Å²) in [5, 5.41) is 3.16. The number of nitrogens with zero attached hydrogens (tertiary/aromatic N) is 3. The molecule has 0 fully saturated rings. The molecule has 0 aliphatic heterocycles. The van der Waals surface area contributed by atoms with Gasteiger partial charge in [0.25, 0.3) is 0 Å². The fourth-order valence-electron chi connectivity index (χ4n) is 2.35. The minimum Gasteiger partial charge on any atom is -0.373 e. The Bertz CT molecular complexity index is 580. The molecule has 0 aliphatic carbocycles. The van der Waals surface area contributed by atoms with E-state index in [0.717, 1.165) is 30.2 Å². The fraction of sp³-hybridized carbons (Fsp3) is 0.375. The van der Waals surface area contributed by atoms with Crippen LogP contribution in [0.1, 0.15) is 24.5 Å². The molecule has 4 heteroatoms. The van der Waals surface area contributed by atoms with E-state index in [4.69, 9.17) is 0 Å². The van der Waals surface area contributed by atoms with Crippen molar-refractivity contribution in [3.05, 3.63) is 41.7 Å². The topological polar surface area (TPSA) is 41.1 Å². The fourth-order valence-corrected chi connectivity index (χ4v) is 2.35. The van der Waals surface area contributed by atoms with Crippen LogP contribution in [0.15, 0.2) is 30.6 Å². The number of hydrogen-bond donors (Lipinski definition) is 1. The normalized spacial score (nSPS) is 10.4. The summed E-state index contributed by atoms with van der Waals surface area (Å²) in [5.41, 5.74) is 3.55. The molecule has 0 amide bonds. The average Bonchev–Trinajstić information content (AvgIpc) is 2.47. The van der Waals surface area contributed by atoms with Gasteiger partial charge in [-0.05, 0) is 31.0 Å². The Morgan fingerprint density at radius 2 is 2.05 bits per heavy atom. The second-order valence-electron chi connectivity index (χ2n) is 4.92. The highest BCUT2D eigenvalue weighted by atomic mass is 15.2. The molecule has 20 heavy (non-hydrogen) atoms. The largest absolute Gasteiger partial charge is 0.373 e. The number of rotatable bonds is 5. The molecule has 1 aromatic carbocycles. The van der Waals surface area contributed by atoms with Crippen LogP contribution in [0, 0.1) is 6.92 Å². The first-order valence-electron chi connectivity index (χ1n) is 6.99. The molecule has 0 bridgehead atoms. The highest BCUT2D eigenvalue weighted by Crippen LogP contribution is 2.29. The SMILES string of the molecule is CCCc1c(NC)ncnc1N(C)c1cccc(C)c1. The first-order chi connectivity index (χ1) is 9.67. The van der Waals surface area contributed by atoms with Crippen molar-refractivity contribution in [1.82, 2.24) is 9.97 Å². The predicted molar refractivity (Wildman–Crippen MR) is 84.8 cm³/mol. The molecule has 4 nitrogen and oxygen atoms in total. The molecule has 1 N–H and O–H groups in total. The molecule has 106 valence electrons. The zero-order chi connectivity index (χ0) is 14.5. The minimum atomic E-state index is 0.913. The van der Waals surface area contributed by atoms with E-state index in [1.807, 2.05) is 7.05 Å². The Morgan fingerprint density at radius 1 is 1.25 bits per heavy atom. The summed E-state index contributed by atoms with van der Waals surface area (Å²) in [6.07, 6.45) is 3.64. The lowest BCUT2D eigenvalue weighted by Gasteiger charge is -2.22. The van der Waals surface area contributed by atoms with Crippen molar-refractivity contribution in [2.45, 2.75) is 26.7 Å². The Balaban J connectivity index is 2.45. The zero-order valence-electron chi connectivity index (χ0n) is 12.6. The number of aryl methyl sites for hydroxylation is 1. The van der Waals surface area contributed by atoms with E-state index in [1.54, 1.807) is 6.33 Å². The van der Waals surface area contributed by atoms with Crippen LogP contribution >= 0.6 is 0 Å². The van der Waals surface area contributed by atoms with E-state index in [2.05, 4.69) is 65.3 Å². The van der Waals surface area contributed by atoms with E-state index in [9.17, 15) is 0 Å². The maximum atomic E-state index is 4.49. The number of nitrogens with one attached hydrogen (secondary N) is 1. The molecule has 0 atom stereocenters. The summed E-state index contributed by atoms with van der Waals surface area (Å²) in [5.74, 6) is 1.88. The summed E-state index contributed by atoms with van der Waals surface area (Å²) in [7, 11) is 3.95. The predicted octanol–water partition coefficient (Wildman–Crippen LogP) is 3.55. The van der Waals surface area contributed by atoms with Crippen LogP contribution in [0.5, 0.6) is 0 Å². The third-order valence-electron chi connectivity index (χ3n) is 3.37. The molecule has 0 spiro atoms. The summed E-state index contributed by atoms with van der Waals surface area (Å²) in [6, 6.07) is 8.44. The maximum Gasteiger partial charge on any atom is 0.141 e. The summed E-state index contributed by atoms with van der Waals surface area (Å²) in [6.45, 7) is 4.27. The van der Waals surface area contributed by atoms with Crippen molar-refractivity contribution < 1.29 is 0 Å². The molecular formula is C16H22N4. The van der Waals surface area contributed by atoms with E-state index in [-0.39, 0.29) is 0 Å². The second kappa shape index (κ2) is 6.37. The van der Waals surface area contributed by atoms with Crippen molar-refractivity contribution in [1.29, 1.82) is 0 Å². The monoisotopic (exact) mass is 270 g/mol. The Labute approximate surface area is 120 Å². The van der Waals surface area contributed by atoms with Crippen LogP contribution < -0.4 is 10.2 Å². The number of aromatic nitrogens is 2. The van der Waals surface area contributed by atoms with Gasteiger partial charge in [0, 0.05) is 25.3 Å². The quantitative estimate of drug-likeness (QED) is 0.902. The first kappa shape index (κ1) is 14.3. The number of anilines is 3. The zero-order valence-corrected chi connectivity index (χ0v) is 12.6. The van der Waals surface area contributed by atoms with E-state index >= 15 is 0 Å². The molecule has 2 aromatic rings. The molecule has 1 aromatic heterocycles. The van der Waals surface area contributed by atoms with Crippen LogP contribution in [0.25, 0.3) is 0 Å². The lowest BCUT2D eigenvalue weighted by atomic mass is 10.1. The van der Waals surface area contributed by atoms with Crippen molar-refractivity contribution in [2.75, 3.05) is 24.3 Å². The van der Waals surface area contributed by atoms with Gasteiger partial charge < -0.3 is 10.2 Å². The van der Waals surface area contributed by atoms with Crippen LogP contribution in [-0.2, 0) is 6.42 Å². The van der Waals surface area contributed by atoms with E-state index < -0.39 is 0 Å². The van der Waals surface area contributed by atoms with E-state index in [1.165, 1.54) is 11.1 Å². The smallest absolute Gasteiger partial charge is 0.141 e. The summed E-state index contributed by atoms with van der Waals surface area (Å²) >= 11 is 0. The molecule has 0 aliphatic rings. The van der Waals surface area contributed by atoms with Gasteiger partial charge in [-0.15, -0.1) is 0 Å². The first-order valence-corrected chi connectivity index (χ1v) is 6.99. The van der Waals surface area contributed by atoms with Gasteiger partial charge in [0.2, 0.25) is 0 Å². The molecular weight excluding hydrogens is 248 g/mol. The molecule has 0 saturated heterocycles. The molecule has 1 heterocycles. The Hall–Kier alpha value is -2.10. The number of hydrogen-bond acceptors (Lipinski definition) is 4. The Kier molecular flexibility index (Phi) is 4.56. The van der Waals surface area contributed by atoms with Gasteiger partial charge in [-0.2, -0.15) is 0 Å². The van der Waals surface area contributed by atoms with Gasteiger partial charge >= 0.3 is 0 Å². The summed E-state index contributed by atoms with van der Waals surface area (Å²) in [4.78, 5) is 10.9. The van der Waals surface area contributed by atoms with Crippen LogP contribution in [0.4, 0.5) is 17.3 Å². The van der Waals surface area contributed by atoms with Crippen LogP contribution in [0.3, 0.4) is 0 Å². The third-order valence-corrected chi connectivity index (χ3v) is 3.37. The molecule has 0 radical (unpaired) electrons. The van der Waals surface area contributed by atoms with Crippen molar-refractivity contribution in [3.8, 4) is 0 Å². The van der Waals surface area contributed by atoms with Gasteiger partial charge in [0.1, 0.15) is 18.0 Å². The van der Waals surface area contributed by atoms with Crippen molar-refractivity contribution in [3.63, 3.8) is 0 Å². The van der Waals surface area contributed by atoms with Crippen molar-refractivity contribution >= 4 is 17.3 Å². The highest BCUT2D eigenvalue weighted by molar-refractivity contribution is 5.67.